The molecule has 0 fully saturated rings. The predicted molar refractivity (Wildman–Crippen MR) is 113 cm³/mol. The van der Waals surface area contributed by atoms with E-state index in [1.165, 1.54) is 6.07 Å². The Hall–Kier alpha value is -3.54. The molecule has 0 spiro atoms. The predicted octanol–water partition coefficient (Wildman–Crippen LogP) is 4.90. The Kier molecular flexibility index (Phi) is 4.84. The molecule has 1 aromatic carbocycles. The van der Waals surface area contributed by atoms with Gasteiger partial charge in [-0.25, -0.2) is 4.98 Å². The van der Waals surface area contributed by atoms with E-state index in [0.29, 0.717) is 28.9 Å². The number of aromatic amines is 2. The molecule has 0 unspecified atom stereocenters. The Bertz CT molecular complexity index is 1200. The van der Waals surface area contributed by atoms with Gasteiger partial charge in [-0.05, 0) is 31.4 Å². The second-order valence-electron chi connectivity index (χ2n) is 7.57. The zero-order valence-corrected chi connectivity index (χ0v) is 16.6. The maximum absolute atomic E-state index is 12.1. The quantitative estimate of drug-likeness (QED) is 0.452. The minimum atomic E-state index is -0.488. The van der Waals surface area contributed by atoms with Gasteiger partial charge in [0.2, 0.25) is 11.2 Å². The lowest BCUT2D eigenvalue weighted by molar-refractivity contribution is 0.429. The van der Waals surface area contributed by atoms with Crippen molar-refractivity contribution in [3.05, 3.63) is 70.2 Å². The van der Waals surface area contributed by atoms with Gasteiger partial charge >= 0.3 is 0 Å². The van der Waals surface area contributed by atoms with Crippen molar-refractivity contribution in [3.8, 4) is 40.0 Å². The molecule has 0 saturated carbocycles. The van der Waals surface area contributed by atoms with Gasteiger partial charge in [0.05, 0.1) is 5.69 Å². The maximum atomic E-state index is 12.1. The average molecular weight is 389 g/mol. The Balaban J connectivity index is 1.89. The number of aromatic nitrogens is 3. The highest BCUT2D eigenvalue weighted by atomic mass is 16.4. The van der Waals surface area contributed by atoms with Crippen LogP contribution in [0.25, 0.3) is 34.2 Å². The number of nitrogens with zero attached hydrogens (tertiary/aromatic N) is 1. The summed E-state index contributed by atoms with van der Waals surface area (Å²) in [6.07, 6.45) is 0.937. The van der Waals surface area contributed by atoms with Gasteiger partial charge in [-0.1, -0.05) is 44.2 Å². The Morgan fingerprint density at radius 2 is 1.86 bits per heavy atom. The molecule has 4 aromatic rings. The van der Waals surface area contributed by atoms with Crippen molar-refractivity contribution in [1.29, 1.82) is 0 Å². The first-order valence-electron chi connectivity index (χ1n) is 9.60. The topological polar surface area (TPSA) is 94.9 Å². The van der Waals surface area contributed by atoms with E-state index in [1.807, 2.05) is 42.5 Å². The molecule has 3 heterocycles. The fourth-order valence-corrected chi connectivity index (χ4v) is 3.38. The molecule has 6 nitrogen and oxygen atoms in total. The Morgan fingerprint density at radius 3 is 2.59 bits per heavy atom. The highest BCUT2D eigenvalue weighted by Crippen LogP contribution is 2.36. The van der Waals surface area contributed by atoms with Gasteiger partial charge in [0.15, 0.2) is 11.6 Å². The molecular weight excluding hydrogens is 366 g/mol. The summed E-state index contributed by atoms with van der Waals surface area (Å²) in [5.74, 6) is 1.21. The lowest BCUT2D eigenvalue weighted by Crippen LogP contribution is -2.01. The first kappa shape index (κ1) is 18.8. The minimum absolute atomic E-state index is 0.0848. The molecule has 0 atom stereocenters. The van der Waals surface area contributed by atoms with Crippen molar-refractivity contribution in [3.63, 3.8) is 0 Å². The van der Waals surface area contributed by atoms with Crippen LogP contribution in [0.4, 0.5) is 0 Å². The summed E-state index contributed by atoms with van der Waals surface area (Å²) >= 11 is 0. The molecule has 0 aliphatic carbocycles. The van der Waals surface area contributed by atoms with Crippen molar-refractivity contribution in [2.75, 3.05) is 0 Å². The van der Waals surface area contributed by atoms with E-state index < -0.39 is 11.2 Å². The summed E-state index contributed by atoms with van der Waals surface area (Å²) < 4.78 is 5.71. The van der Waals surface area contributed by atoms with Crippen LogP contribution in [0.15, 0.2) is 57.7 Å². The van der Waals surface area contributed by atoms with Crippen LogP contribution in [0.5, 0.6) is 5.75 Å². The molecular formula is C23H23N3O3. The van der Waals surface area contributed by atoms with E-state index in [1.54, 1.807) is 6.92 Å². The minimum Gasteiger partial charge on any atom is -0.501 e. The van der Waals surface area contributed by atoms with Crippen LogP contribution in [-0.2, 0) is 6.42 Å². The Morgan fingerprint density at radius 1 is 1.10 bits per heavy atom. The second kappa shape index (κ2) is 7.47. The standard InChI is InChI=1S/C23H23N3O3/c1-13(2)11-16-9-10-17(24-16)23-25-19(15-7-5-4-6-8-15)20(26-23)22-21(28)18(27)12-14(3)29-22/h4-10,12-13,24,28H,11H2,1-3H3,(H,25,26). The number of aromatic hydroxyl groups is 1. The summed E-state index contributed by atoms with van der Waals surface area (Å²) in [5.41, 5.74) is 3.38. The van der Waals surface area contributed by atoms with E-state index in [0.717, 1.165) is 23.4 Å². The van der Waals surface area contributed by atoms with Crippen LogP contribution < -0.4 is 5.43 Å². The summed E-state index contributed by atoms with van der Waals surface area (Å²) in [4.78, 5) is 23.5. The van der Waals surface area contributed by atoms with Crippen molar-refractivity contribution >= 4 is 0 Å². The van der Waals surface area contributed by atoms with Gasteiger partial charge in [0, 0.05) is 17.3 Å². The van der Waals surface area contributed by atoms with Crippen molar-refractivity contribution in [1.82, 2.24) is 15.0 Å². The summed E-state index contributed by atoms with van der Waals surface area (Å²) in [6.45, 7) is 6.01. The monoisotopic (exact) mass is 389 g/mol. The average Bonchev–Trinajstić information content (AvgIpc) is 3.32. The summed E-state index contributed by atoms with van der Waals surface area (Å²) in [6, 6.07) is 14.9. The molecule has 3 N–H and O–H groups in total. The highest BCUT2D eigenvalue weighted by molar-refractivity contribution is 5.80. The molecule has 6 heteroatoms. The molecule has 0 aliphatic heterocycles. The third-order valence-electron chi connectivity index (χ3n) is 4.65. The first-order valence-corrected chi connectivity index (χ1v) is 9.60. The normalized spacial score (nSPS) is 11.3. The largest absolute Gasteiger partial charge is 0.501 e. The molecule has 0 aliphatic rings. The first-order chi connectivity index (χ1) is 13.9. The number of rotatable bonds is 5. The summed E-state index contributed by atoms with van der Waals surface area (Å²) in [5, 5.41) is 10.4. The summed E-state index contributed by atoms with van der Waals surface area (Å²) in [7, 11) is 0. The number of hydrogen-bond donors (Lipinski definition) is 3. The molecule has 3 aromatic heterocycles. The molecule has 0 bridgehead atoms. The smallest absolute Gasteiger partial charge is 0.227 e. The van der Waals surface area contributed by atoms with Gasteiger partial charge in [-0.15, -0.1) is 0 Å². The molecule has 4 rings (SSSR count). The SMILES string of the molecule is Cc1cc(=O)c(O)c(-c2[nH]c(-c3ccc(CC(C)C)[nH]3)nc2-c2ccccc2)o1. The van der Waals surface area contributed by atoms with Gasteiger partial charge < -0.3 is 19.5 Å². The van der Waals surface area contributed by atoms with Gasteiger partial charge in [-0.2, -0.15) is 0 Å². The number of aryl methyl sites for hydroxylation is 1. The van der Waals surface area contributed by atoms with E-state index in [9.17, 15) is 9.90 Å². The number of nitrogens with one attached hydrogen (secondary N) is 2. The molecule has 148 valence electrons. The van der Waals surface area contributed by atoms with E-state index >= 15 is 0 Å². The van der Waals surface area contributed by atoms with Crippen molar-refractivity contribution < 1.29 is 9.52 Å². The zero-order chi connectivity index (χ0) is 20.5. The van der Waals surface area contributed by atoms with Gasteiger partial charge in [-0.3, -0.25) is 4.79 Å². The van der Waals surface area contributed by atoms with Crippen LogP contribution in [-0.4, -0.2) is 20.1 Å². The molecule has 0 amide bonds. The highest BCUT2D eigenvalue weighted by Gasteiger charge is 2.22. The maximum Gasteiger partial charge on any atom is 0.227 e. The fourth-order valence-electron chi connectivity index (χ4n) is 3.38. The van der Waals surface area contributed by atoms with Gasteiger partial charge in [0.25, 0.3) is 0 Å². The third-order valence-corrected chi connectivity index (χ3v) is 4.65. The van der Waals surface area contributed by atoms with Crippen LogP contribution >= 0.6 is 0 Å². The van der Waals surface area contributed by atoms with Crippen molar-refractivity contribution in [2.45, 2.75) is 27.2 Å². The van der Waals surface area contributed by atoms with E-state index in [-0.39, 0.29) is 5.76 Å². The van der Waals surface area contributed by atoms with Crippen LogP contribution in [0.1, 0.15) is 25.3 Å². The lowest BCUT2D eigenvalue weighted by atomic mass is 10.1. The molecule has 0 radical (unpaired) electrons. The van der Waals surface area contributed by atoms with Crippen LogP contribution in [0.2, 0.25) is 0 Å². The van der Waals surface area contributed by atoms with E-state index in [2.05, 4.69) is 23.8 Å². The van der Waals surface area contributed by atoms with Crippen molar-refractivity contribution in [2.24, 2.45) is 5.92 Å². The third kappa shape index (κ3) is 3.74. The number of imidazole rings is 1. The lowest BCUT2D eigenvalue weighted by Gasteiger charge is -2.05. The fraction of sp³-hybridized carbons (Fsp3) is 0.217. The number of H-pyrrole nitrogens is 2. The molecule has 0 saturated heterocycles. The molecule has 29 heavy (non-hydrogen) atoms. The van der Waals surface area contributed by atoms with Crippen LogP contribution in [0, 0.1) is 12.8 Å². The zero-order valence-electron chi connectivity index (χ0n) is 16.6. The Labute approximate surface area is 168 Å². The van der Waals surface area contributed by atoms with Gasteiger partial charge in [0.1, 0.15) is 17.1 Å². The van der Waals surface area contributed by atoms with Crippen LogP contribution in [0.3, 0.4) is 0 Å². The number of hydrogen-bond acceptors (Lipinski definition) is 4. The van der Waals surface area contributed by atoms with E-state index in [4.69, 9.17) is 9.40 Å². The second-order valence-corrected chi connectivity index (χ2v) is 7.57. The number of benzene rings is 1.